The van der Waals surface area contributed by atoms with Crippen LogP contribution in [0.4, 0.5) is 4.79 Å². The van der Waals surface area contributed by atoms with E-state index in [2.05, 4.69) is 22.5 Å². The van der Waals surface area contributed by atoms with Gasteiger partial charge >= 0.3 is 6.03 Å². The summed E-state index contributed by atoms with van der Waals surface area (Å²) in [6, 6.07) is -0.0907. The molecule has 0 bridgehead atoms. The molecule has 0 spiro atoms. The van der Waals surface area contributed by atoms with Gasteiger partial charge in [0.05, 0.1) is 6.54 Å². The average molecular weight is 263 g/mol. The van der Waals surface area contributed by atoms with Crippen molar-refractivity contribution in [3.05, 3.63) is 12.7 Å². The molecule has 0 aromatic heterocycles. The normalized spacial score (nSPS) is 14.5. The molecule has 1 fully saturated rings. The van der Waals surface area contributed by atoms with Crippen molar-refractivity contribution in [2.75, 3.05) is 33.2 Å². The third kappa shape index (κ3) is 5.67. The Balaban J connectivity index is 0.00000256. The van der Waals surface area contributed by atoms with Gasteiger partial charge in [0.25, 0.3) is 0 Å². The van der Waals surface area contributed by atoms with E-state index in [1.807, 2.05) is 11.9 Å². The Bertz CT molecular complexity index is 281. The van der Waals surface area contributed by atoms with Gasteiger partial charge in [-0.25, -0.2) is 4.79 Å². The summed E-state index contributed by atoms with van der Waals surface area (Å²) in [5.74, 6) is -0.295. The maximum absolute atomic E-state index is 11.4. The van der Waals surface area contributed by atoms with Crippen LogP contribution < -0.4 is 16.0 Å². The molecule has 1 saturated heterocycles. The molecule has 3 amide bonds. The summed E-state index contributed by atoms with van der Waals surface area (Å²) in [6.07, 6.45) is 1.55. The summed E-state index contributed by atoms with van der Waals surface area (Å²) in [7, 11) is 1.87. The number of rotatable bonds is 5. The Morgan fingerprint density at radius 2 is 2.18 bits per heavy atom. The third-order valence-electron chi connectivity index (χ3n) is 2.44. The van der Waals surface area contributed by atoms with E-state index in [0.717, 1.165) is 13.1 Å². The highest BCUT2D eigenvalue weighted by Crippen LogP contribution is 2.00. The number of halogens is 1. The van der Waals surface area contributed by atoms with E-state index in [9.17, 15) is 9.59 Å². The highest BCUT2D eigenvalue weighted by molar-refractivity contribution is 5.95. The molecule has 0 unspecified atom stereocenters. The molecule has 0 aromatic rings. The molecule has 3 N–H and O–H groups in total. The van der Waals surface area contributed by atoms with Crippen LogP contribution >= 0.6 is 12.4 Å². The van der Waals surface area contributed by atoms with Crippen LogP contribution in [0, 0.1) is 0 Å². The van der Waals surface area contributed by atoms with Gasteiger partial charge in [0, 0.05) is 25.7 Å². The number of hydrogen-bond acceptors (Lipinski definition) is 4. The smallest absolute Gasteiger partial charge is 0.321 e. The van der Waals surface area contributed by atoms with E-state index < -0.39 is 6.03 Å². The second-order valence-corrected chi connectivity index (χ2v) is 3.77. The molecular formula is C10H19ClN4O2. The van der Waals surface area contributed by atoms with Crippen molar-refractivity contribution in [2.24, 2.45) is 0 Å². The molecule has 98 valence electrons. The quantitative estimate of drug-likeness (QED) is 0.575. The minimum atomic E-state index is -0.481. The van der Waals surface area contributed by atoms with Crippen LogP contribution in [0.2, 0.25) is 0 Å². The first kappa shape index (κ1) is 15.9. The Kier molecular flexibility index (Phi) is 7.53. The Morgan fingerprint density at radius 3 is 2.65 bits per heavy atom. The fourth-order valence-electron chi connectivity index (χ4n) is 1.32. The Hall–Kier alpha value is -1.11. The largest absolute Gasteiger partial charge is 0.334 e. The van der Waals surface area contributed by atoms with Crippen molar-refractivity contribution in [2.45, 2.75) is 6.04 Å². The van der Waals surface area contributed by atoms with Crippen molar-refractivity contribution < 1.29 is 9.59 Å². The molecule has 0 saturated carbocycles. The third-order valence-corrected chi connectivity index (χ3v) is 2.44. The van der Waals surface area contributed by atoms with Gasteiger partial charge in [0.15, 0.2) is 0 Å². The number of nitrogens with one attached hydrogen (secondary N) is 3. The summed E-state index contributed by atoms with van der Waals surface area (Å²) >= 11 is 0. The SMILES string of the molecule is C=CCNC(=O)NC(=O)CN(C)C1CNC1.Cl. The molecular weight excluding hydrogens is 244 g/mol. The van der Waals surface area contributed by atoms with Gasteiger partial charge < -0.3 is 10.6 Å². The number of urea groups is 1. The van der Waals surface area contributed by atoms with Gasteiger partial charge in [-0.05, 0) is 7.05 Å². The standard InChI is InChI=1S/C10H18N4O2.ClH/c1-3-4-12-10(16)13-9(15)7-14(2)8-5-11-6-8;/h3,8,11H,1,4-7H2,2H3,(H2,12,13,15,16);1H. The number of hydrogen-bond donors (Lipinski definition) is 3. The number of carbonyl (C=O) groups excluding carboxylic acids is 2. The number of nitrogens with zero attached hydrogens (tertiary/aromatic N) is 1. The van der Waals surface area contributed by atoms with Crippen molar-refractivity contribution in [3.8, 4) is 0 Å². The van der Waals surface area contributed by atoms with E-state index in [0.29, 0.717) is 12.6 Å². The van der Waals surface area contributed by atoms with E-state index in [4.69, 9.17) is 0 Å². The summed E-state index contributed by atoms with van der Waals surface area (Å²) in [4.78, 5) is 24.5. The molecule has 1 rings (SSSR count). The number of imide groups is 1. The van der Waals surface area contributed by atoms with Crippen LogP contribution in [0.25, 0.3) is 0 Å². The zero-order valence-corrected chi connectivity index (χ0v) is 10.7. The maximum atomic E-state index is 11.4. The predicted molar refractivity (Wildman–Crippen MR) is 68.3 cm³/mol. The fourth-order valence-corrected chi connectivity index (χ4v) is 1.32. The molecule has 1 heterocycles. The Labute approximate surface area is 107 Å². The summed E-state index contributed by atoms with van der Waals surface area (Å²) < 4.78 is 0. The van der Waals surface area contributed by atoms with E-state index in [1.165, 1.54) is 0 Å². The van der Waals surface area contributed by atoms with Crippen LogP contribution in [0.1, 0.15) is 0 Å². The van der Waals surface area contributed by atoms with Gasteiger partial charge in [-0.1, -0.05) is 6.08 Å². The highest BCUT2D eigenvalue weighted by Gasteiger charge is 2.23. The first-order valence-corrected chi connectivity index (χ1v) is 5.23. The van der Waals surface area contributed by atoms with Crippen LogP contribution in [-0.2, 0) is 4.79 Å². The molecule has 0 aromatic carbocycles. The number of likely N-dealkylation sites (N-methyl/N-ethyl adjacent to an activating group) is 1. The van der Waals surface area contributed by atoms with Crippen LogP contribution in [0.3, 0.4) is 0 Å². The second-order valence-electron chi connectivity index (χ2n) is 3.77. The molecule has 17 heavy (non-hydrogen) atoms. The first-order chi connectivity index (χ1) is 7.63. The molecule has 1 aliphatic heterocycles. The van der Waals surface area contributed by atoms with E-state index in [1.54, 1.807) is 6.08 Å². The summed E-state index contributed by atoms with van der Waals surface area (Å²) in [5, 5.41) is 7.84. The van der Waals surface area contributed by atoms with Crippen LogP contribution in [0.15, 0.2) is 12.7 Å². The van der Waals surface area contributed by atoms with E-state index >= 15 is 0 Å². The predicted octanol–water partition coefficient (Wildman–Crippen LogP) is -0.676. The van der Waals surface area contributed by atoms with Crippen molar-refractivity contribution >= 4 is 24.3 Å². The molecule has 0 aliphatic carbocycles. The van der Waals surface area contributed by atoms with Crippen LogP contribution in [0.5, 0.6) is 0 Å². The van der Waals surface area contributed by atoms with Crippen molar-refractivity contribution in [1.82, 2.24) is 20.9 Å². The molecule has 0 radical (unpaired) electrons. The lowest BCUT2D eigenvalue weighted by atomic mass is 10.1. The lowest BCUT2D eigenvalue weighted by Crippen LogP contribution is -2.58. The van der Waals surface area contributed by atoms with Gasteiger partial charge in [0.1, 0.15) is 0 Å². The summed E-state index contributed by atoms with van der Waals surface area (Å²) in [5.41, 5.74) is 0. The van der Waals surface area contributed by atoms with Crippen molar-refractivity contribution in [3.63, 3.8) is 0 Å². The second kappa shape index (κ2) is 8.05. The van der Waals surface area contributed by atoms with Crippen LogP contribution in [-0.4, -0.2) is 56.1 Å². The maximum Gasteiger partial charge on any atom is 0.321 e. The molecule has 7 heteroatoms. The zero-order valence-electron chi connectivity index (χ0n) is 9.86. The van der Waals surface area contributed by atoms with Gasteiger partial charge in [-0.2, -0.15) is 0 Å². The molecule has 1 aliphatic rings. The number of amides is 3. The number of carbonyl (C=O) groups is 2. The molecule has 0 atom stereocenters. The average Bonchev–Trinajstić information content (AvgIpc) is 2.11. The zero-order chi connectivity index (χ0) is 12.0. The van der Waals surface area contributed by atoms with Gasteiger partial charge in [-0.3, -0.25) is 15.0 Å². The van der Waals surface area contributed by atoms with Gasteiger partial charge in [0.2, 0.25) is 5.91 Å². The first-order valence-electron chi connectivity index (χ1n) is 5.23. The topological polar surface area (TPSA) is 73.5 Å². The lowest BCUT2D eigenvalue weighted by molar-refractivity contribution is -0.121. The highest BCUT2D eigenvalue weighted by atomic mass is 35.5. The monoisotopic (exact) mass is 262 g/mol. The van der Waals surface area contributed by atoms with Crippen molar-refractivity contribution in [1.29, 1.82) is 0 Å². The van der Waals surface area contributed by atoms with E-state index in [-0.39, 0.29) is 24.9 Å². The lowest BCUT2D eigenvalue weighted by Gasteiger charge is -2.35. The Morgan fingerprint density at radius 1 is 1.53 bits per heavy atom. The summed E-state index contributed by atoms with van der Waals surface area (Å²) in [6.45, 7) is 5.83. The van der Waals surface area contributed by atoms with Gasteiger partial charge in [-0.15, -0.1) is 19.0 Å². The molecule has 6 nitrogen and oxygen atoms in total. The minimum Gasteiger partial charge on any atom is -0.334 e. The fraction of sp³-hybridized carbons (Fsp3) is 0.600. The minimum absolute atomic E-state index is 0.